The van der Waals surface area contributed by atoms with Crippen molar-refractivity contribution < 1.29 is 0 Å². The van der Waals surface area contributed by atoms with E-state index in [0.29, 0.717) is 32.1 Å². The lowest BCUT2D eigenvalue weighted by atomic mass is 9.93. The van der Waals surface area contributed by atoms with Crippen molar-refractivity contribution >= 4 is 51.9 Å². The van der Waals surface area contributed by atoms with Gasteiger partial charge < -0.3 is 5.73 Å². The number of nitriles is 1. The summed E-state index contributed by atoms with van der Waals surface area (Å²) in [5.41, 5.74) is 11.1. The van der Waals surface area contributed by atoms with Crippen molar-refractivity contribution in [3.8, 4) is 33.3 Å². The summed E-state index contributed by atoms with van der Waals surface area (Å²) in [6, 6.07) is 25.5. The summed E-state index contributed by atoms with van der Waals surface area (Å²) in [6.45, 7) is 0. The van der Waals surface area contributed by atoms with Crippen LogP contribution in [0.2, 0.25) is 5.02 Å². The zero-order chi connectivity index (χ0) is 22.2. The van der Waals surface area contributed by atoms with Gasteiger partial charge in [-0.2, -0.15) is 5.26 Å². The number of nitrogen functional groups attached to an aromatic ring is 1. The SMILES string of the molecule is N#Cc1c(-c2cccs2)cc(-c2ccc(Cl)cc2)c2c(N)n(-c3ccccc3)c(=S)nc12. The first-order valence-electron chi connectivity index (χ1n) is 9.73. The molecule has 5 aromatic rings. The van der Waals surface area contributed by atoms with Crippen molar-refractivity contribution in [2.24, 2.45) is 0 Å². The highest BCUT2D eigenvalue weighted by atomic mass is 35.5. The largest absolute Gasteiger partial charge is 0.384 e. The Morgan fingerprint density at radius 3 is 2.41 bits per heavy atom. The molecule has 5 rings (SSSR count). The van der Waals surface area contributed by atoms with Gasteiger partial charge in [0, 0.05) is 21.2 Å². The lowest BCUT2D eigenvalue weighted by Gasteiger charge is -2.18. The van der Waals surface area contributed by atoms with Crippen LogP contribution < -0.4 is 5.73 Å². The fraction of sp³-hybridized carbons (Fsp3) is 0. The van der Waals surface area contributed by atoms with Gasteiger partial charge in [0.2, 0.25) is 4.77 Å². The van der Waals surface area contributed by atoms with Crippen molar-refractivity contribution in [3.63, 3.8) is 0 Å². The molecule has 0 aliphatic carbocycles. The van der Waals surface area contributed by atoms with Crippen LogP contribution in [-0.2, 0) is 0 Å². The Labute approximate surface area is 198 Å². The smallest absolute Gasteiger partial charge is 0.206 e. The maximum absolute atomic E-state index is 10.1. The molecule has 0 aliphatic rings. The molecule has 0 saturated carbocycles. The van der Waals surface area contributed by atoms with Crippen molar-refractivity contribution in [3.05, 3.63) is 93.5 Å². The van der Waals surface area contributed by atoms with Gasteiger partial charge in [-0.25, -0.2) is 4.98 Å². The first kappa shape index (κ1) is 20.4. The Morgan fingerprint density at radius 2 is 1.75 bits per heavy atom. The van der Waals surface area contributed by atoms with Crippen molar-refractivity contribution in [2.45, 2.75) is 0 Å². The molecule has 0 radical (unpaired) electrons. The van der Waals surface area contributed by atoms with Gasteiger partial charge in [0.1, 0.15) is 11.9 Å². The Kier molecular flexibility index (Phi) is 5.24. The van der Waals surface area contributed by atoms with Gasteiger partial charge >= 0.3 is 0 Å². The fourth-order valence-corrected chi connectivity index (χ4v) is 4.99. The molecule has 0 spiro atoms. The number of aromatic nitrogens is 2. The van der Waals surface area contributed by atoms with E-state index in [1.165, 1.54) is 0 Å². The molecule has 0 amide bonds. The third kappa shape index (κ3) is 3.37. The minimum atomic E-state index is 0.295. The second kappa shape index (κ2) is 8.21. The summed E-state index contributed by atoms with van der Waals surface area (Å²) >= 11 is 13.3. The number of benzene rings is 3. The minimum absolute atomic E-state index is 0.295. The van der Waals surface area contributed by atoms with E-state index in [0.717, 1.165) is 27.3 Å². The Morgan fingerprint density at radius 1 is 1.00 bits per heavy atom. The second-order valence-corrected chi connectivity index (χ2v) is 8.87. The number of para-hydroxylation sites is 1. The standard InChI is InChI=1S/C25H15ClN4S2/c26-16-10-8-15(9-11-16)18-13-19(21-7-4-12-32-21)20(14-27)23-22(18)24(28)30(25(31)29-23)17-5-2-1-3-6-17/h1-13H,28H2. The second-order valence-electron chi connectivity index (χ2n) is 7.12. The monoisotopic (exact) mass is 470 g/mol. The van der Waals surface area contributed by atoms with E-state index in [4.69, 9.17) is 34.5 Å². The summed E-state index contributed by atoms with van der Waals surface area (Å²) in [5, 5.41) is 13.4. The van der Waals surface area contributed by atoms with Gasteiger partial charge in [0.25, 0.3) is 0 Å². The van der Waals surface area contributed by atoms with Crippen LogP contribution in [0.1, 0.15) is 5.56 Å². The van der Waals surface area contributed by atoms with Gasteiger partial charge in [0.15, 0.2) is 0 Å². The topological polar surface area (TPSA) is 67.6 Å². The first-order valence-corrected chi connectivity index (χ1v) is 11.4. The van der Waals surface area contributed by atoms with Crippen LogP contribution in [0.5, 0.6) is 0 Å². The third-order valence-electron chi connectivity index (χ3n) is 5.26. The molecule has 2 heterocycles. The molecule has 0 fully saturated rings. The summed E-state index contributed by atoms with van der Waals surface area (Å²) in [7, 11) is 0. The van der Waals surface area contributed by atoms with E-state index in [1.807, 2.05) is 78.2 Å². The molecular formula is C25H15ClN4S2. The van der Waals surface area contributed by atoms with Gasteiger partial charge in [-0.05, 0) is 65.1 Å². The summed E-state index contributed by atoms with van der Waals surface area (Å²) in [4.78, 5) is 5.69. The molecule has 2 N–H and O–H groups in total. The van der Waals surface area contributed by atoms with E-state index < -0.39 is 0 Å². The van der Waals surface area contributed by atoms with Gasteiger partial charge in [0.05, 0.1) is 16.5 Å². The average molecular weight is 471 g/mol. The van der Waals surface area contributed by atoms with Crippen LogP contribution in [0.4, 0.5) is 5.82 Å². The maximum Gasteiger partial charge on any atom is 0.206 e. The van der Waals surface area contributed by atoms with Gasteiger partial charge in [-0.3, -0.25) is 4.57 Å². The number of fused-ring (bicyclic) bond motifs is 1. The Hall–Kier alpha value is -3.50. The molecular weight excluding hydrogens is 456 g/mol. The number of rotatable bonds is 3. The minimum Gasteiger partial charge on any atom is -0.384 e. The van der Waals surface area contributed by atoms with Crippen LogP contribution in [-0.4, -0.2) is 9.55 Å². The Bertz CT molecular complexity index is 1550. The highest BCUT2D eigenvalue weighted by molar-refractivity contribution is 7.71. The molecule has 0 unspecified atom stereocenters. The number of nitrogens with two attached hydrogens (primary N) is 1. The molecule has 2 aromatic heterocycles. The fourth-order valence-electron chi connectivity index (χ4n) is 3.82. The van der Waals surface area contributed by atoms with Crippen LogP contribution in [0.3, 0.4) is 0 Å². The average Bonchev–Trinajstić information content (AvgIpc) is 3.34. The lowest BCUT2D eigenvalue weighted by Crippen LogP contribution is -2.09. The molecule has 0 atom stereocenters. The van der Waals surface area contributed by atoms with Crippen LogP contribution in [0.25, 0.3) is 38.2 Å². The highest BCUT2D eigenvalue weighted by Crippen LogP contribution is 2.41. The van der Waals surface area contributed by atoms with Crippen molar-refractivity contribution in [2.75, 3.05) is 5.73 Å². The number of thiophene rings is 1. The molecule has 3 aromatic carbocycles. The number of hydrogen-bond acceptors (Lipinski definition) is 5. The molecule has 0 saturated heterocycles. The number of anilines is 1. The number of halogens is 1. The molecule has 154 valence electrons. The van der Waals surface area contributed by atoms with Crippen molar-refractivity contribution in [1.82, 2.24) is 9.55 Å². The predicted molar refractivity (Wildman–Crippen MR) is 135 cm³/mol. The zero-order valence-corrected chi connectivity index (χ0v) is 19.0. The highest BCUT2D eigenvalue weighted by Gasteiger charge is 2.21. The molecule has 32 heavy (non-hydrogen) atoms. The lowest BCUT2D eigenvalue weighted by molar-refractivity contribution is 0.994. The van der Waals surface area contributed by atoms with E-state index in [1.54, 1.807) is 15.9 Å². The summed E-state index contributed by atoms with van der Waals surface area (Å²) in [6.07, 6.45) is 0. The first-order chi connectivity index (χ1) is 15.6. The molecule has 7 heteroatoms. The summed E-state index contributed by atoms with van der Waals surface area (Å²) in [5.74, 6) is 0.436. The van der Waals surface area contributed by atoms with Crippen molar-refractivity contribution in [1.29, 1.82) is 5.26 Å². The van der Waals surface area contributed by atoms with Gasteiger partial charge in [-0.1, -0.05) is 48.0 Å². The number of hydrogen-bond donors (Lipinski definition) is 1. The molecule has 0 bridgehead atoms. The molecule has 4 nitrogen and oxygen atoms in total. The predicted octanol–water partition coefficient (Wildman–Crippen LogP) is 7.26. The number of nitrogens with zero attached hydrogens (tertiary/aromatic N) is 3. The van der Waals surface area contributed by atoms with Crippen LogP contribution in [0.15, 0.2) is 78.2 Å². The molecule has 0 aliphatic heterocycles. The van der Waals surface area contributed by atoms with E-state index in [9.17, 15) is 5.26 Å². The van der Waals surface area contributed by atoms with E-state index in [-0.39, 0.29) is 0 Å². The Balaban J connectivity index is 1.96. The quantitative estimate of drug-likeness (QED) is 0.282. The van der Waals surface area contributed by atoms with Crippen LogP contribution in [0, 0.1) is 16.1 Å². The summed E-state index contributed by atoms with van der Waals surface area (Å²) < 4.78 is 2.03. The van der Waals surface area contributed by atoms with E-state index >= 15 is 0 Å². The van der Waals surface area contributed by atoms with Crippen LogP contribution >= 0.6 is 35.2 Å². The van der Waals surface area contributed by atoms with E-state index in [2.05, 4.69) is 6.07 Å². The zero-order valence-electron chi connectivity index (χ0n) is 16.6. The normalized spacial score (nSPS) is 10.9. The van der Waals surface area contributed by atoms with Gasteiger partial charge in [-0.15, -0.1) is 11.3 Å². The third-order valence-corrected chi connectivity index (χ3v) is 6.69. The maximum atomic E-state index is 10.1.